The van der Waals surface area contributed by atoms with Crippen LogP contribution in [-0.4, -0.2) is 67.6 Å². The lowest BCUT2D eigenvalue weighted by Gasteiger charge is -2.35. The van der Waals surface area contributed by atoms with Gasteiger partial charge in [-0.15, -0.1) is 0 Å². The molecule has 1 heterocycles. The number of ether oxygens (including phenoxy) is 4. The first-order chi connectivity index (χ1) is 13.7. The molecule has 1 amide bonds. The van der Waals surface area contributed by atoms with Crippen molar-refractivity contribution in [1.29, 1.82) is 0 Å². The number of anilines is 1. The first-order valence-electron chi connectivity index (χ1n) is 9.26. The van der Waals surface area contributed by atoms with Crippen molar-refractivity contribution in [3.63, 3.8) is 0 Å². The van der Waals surface area contributed by atoms with E-state index in [9.17, 15) is 19.5 Å². The maximum atomic E-state index is 13.0. The Morgan fingerprint density at radius 1 is 1.34 bits per heavy atom. The minimum absolute atomic E-state index is 0.0898. The summed E-state index contributed by atoms with van der Waals surface area (Å²) in [4.78, 5) is 37.1. The summed E-state index contributed by atoms with van der Waals surface area (Å²) in [6.07, 6.45) is -2.53. The van der Waals surface area contributed by atoms with Crippen LogP contribution in [0, 0.1) is 0 Å². The topological polar surface area (TPSA) is 112 Å². The molecule has 1 N–H and O–H groups in total. The zero-order chi connectivity index (χ0) is 21.6. The molecule has 0 unspecified atom stereocenters. The van der Waals surface area contributed by atoms with Crippen molar-refractivity contribution in [3.05, 3.63) is 24.3 Å². The van der Waals surface area contributed by atoms with Crippen LogP contribution in [0.15, 0.2) is 24.3 Å². The summed E-state index contributed by atoms with van der Waals surface area (Å²) < 4.78 is 21.4. The van der Waals surface area contributed by atoms with Gasteiger partial charge in [0.25, 0.3) is 5.91 Å². The molecule has 0 radical (unpaired) electrons. The molecule has 9 heteroatoms. The van der Waals surface area contributed by atoms with Gasteiger partial charge in [-0.3, -0.25) is 9.59 Å². The van der Waals surface area contributed by atoms with E-state index in [0.717, 1.165) is 6.92 Å². The van der Waals surface area contributed by atoms with Crippen molar-refractivity contribution >= 4 is 23.5 Å². The van der Waals surface area contributed by atoms with Crippen LogP contribution in [0.3, 0.4) is 0 Å². The summed E-state index contributed by atoms with van der Waals surface area (Å²) in [5, 5.41) is 9.35. The van der Waals surface area contributed by atoms with Crippen LogP contribution in [0.5, 0.6) is 5.75 Å². The van der Waals surface area contributed by atoms with E-state index < -0.39 is 30.1 Å². The maximum absolute atomic E-state index is 13.0. The summed E-state index contributed by atoms with van der Waals surface area (Å²) in [6, 6.07) is 6.97. The molecule has 0 bridgehead atoms. The molecule has 0 spiro atoms. The van der Waals surface area contributed by atoms with Gasteiger partial charge in [0.1, 0.15) is 5.75 Å². The fraction of sp³-hybridized carbons (Fsp3) is 0.550. The first-order valence-corrected chi connectivity index (χ1v) is 9.26. The van der Waals surface area contributed by atoms with Crippen molar-refractivity contribution in [2.24, 2.45) is 0 Å². The molecule has 2 atom stereocenters. The third kappa shape index (κ3) is 5.91. The van der Waals surface area contributed by atoms with Crippen molar-refractivity contribution in [2.45, 2.75) is 45.0 Å². The monoisotopic (exact) mass is 409 g/mol. The second-order valence-corrected chi connectivity index (χ2v) is 7.18. The third-order valence-corrected chi connectivity index (χ3v) is 4.60. The molecule has 1 aliphatic heterocycles. The minimum Gasteiger partial charge on any atom is -0.491 e. The molecule has 0 aliphatic carbocycles. The molecule has 9 nitrogen and oxygen atoms in total. The van der Waals surface area contributed by atoms with Crippen LogP contribution >= 0.6 is 0 Å². The van der Waals surface area contributed by atoms with Gasteiger partial charge in [0.2, 0.25) is 6.10 Å². The largest absolute Gasteiger partial charge is 0.491 e. The van der Waals surface area contributed by atoms with Gasteiger partial charge in [-0.25, -0.2) is 4.79 Å². The minimum atomic E-state index is -1.72. The Morgan fingerprint density at radius 2 is 2.03 bits per heavy atom. The number of hydrogen-bond acceptors (Lipinski definition) is 7. The Labute approximate surface area is 169 Å². The second kappa shape index (κ2) is 9.71. The number of aliphatic carboxylic acids is 1. The van der Waals surface area contributed by atoms with Gasteiger partial charge in [0.15, 0.2) is 6.10 Å². The third-order valence-electron chi connectivity index (χ3n) is 4.60. The maximum Gasteiger partial charge on any atom is 0.348 e. The van der Waals surface area contributed by atoms with E-state index in [1.807, 2.05) is 13.8 Å². The Bertz CT molecular complexity index is 748. The molecule has 1 fully saturated rings. The molecule has 29 heavy (non-hydrogen) atoms. The lowest BCUT2D eigenvalue weighted by atomic mass is 10.1. The van der Waals surface area contributed by atoms with Crippen LogP contribution in [0.25, 0.3) is 0 Å². The summed E-state index contributed by atoms with van der Waals surface area (Å²) in [5.41, 5.74) is 0.140. The fourth-order valence-corrected chi connectivity index (χ4v) is 2.79. The molecule has 1 aromatic rings. The highest BCUT2D eigenvalue weighted by atomic mass is 16.6. The van der Waals surface area contributed by atoms with Crippen LogP contribution in [0.4, 0.5) is 5.69 Å². The number of nitrogens with zero attached hydrogens (tertiary/aromatic N) is 1. The smallest absolute Gasteiger partial charge is 0.348 e. The number of carbonyl (C=O) groups is 3. The zero-order valence-corrected chi connectivity index (χ0v) is 17.0. The number of methoxy groups -OCH3 is 1. The number of carbonyl (C=O) groups excluding carboxylic acids is 2. The number of esters is 1. The Balaban J connectivity index is 2.20. The van der Waals surface area contributed by atoms with Gasteiger partial charge in [-0.05, 0) is 26.0 Å². The summed E-state index contributed by atoms with van der Waals surface area (Å²) in [7, 11) is 1.63. The summed E-state index contributed by atoms with van der Waals surface area (Å²) >= 11 is 0. The zero-order valence-electron chi connectivity index (χ0n) is 17.0. The molecule has 0 aromatic heterocycles. The van der Waals surface area contributed by atoms with Gasteiger partial charge in [-0.1, -0.05) is 12.1 Å². The highest BCUT2D eigenvalue weighted by Gasteiger charge is 2.43. The fourth-order valence-electron chi connectivity index (χ4n) is 2.79. The van der Waals surface area contributed by atoms with Gasteiger partial charge in [-0.2, -0.15) is 0 Å². The van der Waals surface area contributed by atoms with E-state index in [1.165, 1.54) is 4.90 Å². The molecule has 2 rings (SSSR count). The average Bonchev–Trinajstić information content (AvgIpc) is 2.67. The van der Waals surface area contributed by atoms with Crippen molar-refractivity contribution in [3.8, 4) is 5.75 Å². The molecule has 0 saturated carbocycles. The summed E-state index contributed by atoms with van der Waals surface area (Å²) in [5.74, 6) is -2.40. The number of benzene rings is 1. The van der Waals surface area contributed by atoms with Crippen molar-refractivity contribution < 1.29 is 38.4 Å². The van der Waals surface area contributed by atoms with Crippen molar-refractivity contribution in [2.75, 3.05) is 31.8 Å². The van der Waals surface area contributed by atoms with Gasteiger partial charge >= 0.3 is 11.9 Å². The van der Waals surface area contributed by atoms with E-state index in [1.54, 1.807) is 31.4 Å². The Morgan fingerprint density at radius 3 is 2.66 bits per heavy atom. The number of carboxylic acid groups (broad SMARTS) is 1. The number of para-hydroxylation sites is 2. The molecular formula is C20H27NO8. The first kappa shape index (κ1) is 22.6. The van der Waals surface area contributed by atoms with E-state index in [4.69, 9.17) is 18.9 Å². The highest BCUT2D eigenvalue weighted by molar-refractivity contribution is 6.01. The van der Waals surface area contributed by atoms with Gasteiger partial charge in [0.05, 0.1) is 24.5 Å². The van der Waals surface area contributed by atoms with Crippen LogP contribution < -0.4 is 9.64 Å². The molecule has 1 aromatic carbocycles. The predicted octanol–water partition coefficient (Wildman–Crippen LogP) is 1.63. The van der Waals surface area contributed by atoms with Crippen LogP contribution in [0.1, 0.15) is 27.2 Å². The van der Waals surface area contributed by atoms with E-state index in [-0.39, 0.29) is 18.8 Å². The van der Waals surface area contributed by atoms with E-state index in [0.29, 0.717) is 24.5 Å². The Hall–Kier alpha value is -2.65. The predicted molar refractivity (Wildman–Crippen MR) is 103 cm³/mol. The average molecular weight is 409 g/mol. The second-order valence-electron chi connectivity index (χ2n) is 7.18. The highest BCUT2D eigenvalue weighted by Crippen LogP contribution is 2.31. The summed E-state index contributed by atoms with van der Waals surface area (Å²) in [6.45, 7) is 5.63. The van der Waals surface area contributed by atoms with Gasteiger partial charge < -0.3 is 29.0 Å². The molecular weight excluding hydrogens is 382 g/mol. The number of morpholine rings is 1. The number of rotatable bonds is 9. The SMILES string of the molecule is COC(C)(C)CCOc1ccccc1N1CCO[C@H]([C@@H](OC(C)=O)C(=O)O)C1=O. The number of amides is 1. The molecule has 160 valence electrons. The lowest BCUT2D eigenvalue weighted by Crippen LogP contribution is -2.55. The van der Waals surface area contributed by atoms with Crippen molar-refractivity contribution in [1.82, 2.24) is 0 Å². The molecule has 1 aliphatic rings. The van der Waals surface area contributed by atoms with Crippen LogP contribution in [0.2, 0.25) is 0 Å². The quantitative estimate of drug-likeness (QED) is 0.613. The number of carboxylic acids is 1. The van der Waals surface area contributed by atoms with E-state index in [2.05, 4.69) is 0 Å². The Kier molecular flexibility index (Phi) is 7.58. The number of hydrogen-bond donors (Lipinski definition) is 1. The van der Waals surface area contributed by atoms with Gasteiger partial charge in [0, 0.05) is 27.0 Å². The van der Waals surface area contributed by atoms with E-state index >= 15 is 0 Å². The normalized spacial score (nSPS) is 18.3. The molecule has 1 saturated heterocycles. The standard InChI is InChI=1S/C20H27NO8/c1-13(22)29-17(19(24)25)16-18(23)21(10-12-28-16)14-7-5-6-8-15(14)27-11-9-20(2,3)26-4/h5-8,16-17H,9-12H2,1-4H3,(H,24,25)/t16-,17-/m1/s1. The lowest BCUT2D eigenvalue weighted by molar-refractivity contribution is -0.177. The van der Waals surface area contributed by atoms with Crippen LogP contribution in [-0.2, 0) is 28.6 Å².